The summed E-state index contributed by atoms with van der Waals surface area (Å²) in [7, 11) is 1.69. The minimum absolute atomic E-state index is 0.218. The number of ether oxygens (including phenoxy) is 1. The van der Waals surface area contributed by atoms with E-state index in [-0.39, 0.29) is 5.91 Å². The predicted octanol–water partition coefficient (Wildman–Crippen LogP) is 1.50. The fourth-order valence-electron chi connectivity index (χ4n) is 4.40. The zero-order valence-corrected chi connectivity index (χ0v) is 16.6. The molecule has 5 rings (SSSR count). The highest BCUT2D eigenvalue weighted by Gasteiger charge is 2.36. The Labute approximate surface area is 165 Å². The van der Waals surface area contributed by atoms with Gasteiger partial charge >= 0.3 is 0 Å². The SMILES string of the molecule is COc1ccc(CN2C[C@@H]3CC[C@H](C2)N(C(=O)CCn2nnnc2C)C3)cc1. The second kappa shape index (κ2) is 8.26. The second-order valence-electron chi connectivity index (χ2n) is 7.88. The lowest BCUT2D eigenvalue weighted by Gasteiger charge is -2.36. The maximum atomic E-state index is 12.9. The lowest BCUT2D eigenvalue weighted by Crippen LogP contribution is -2.47. The van der Waals surface area contributed by atoms with E-state index >= 15 is 0 Å². The Morgan fingerprint density at radius 1 is 1.18 bits per heavy atom. The molecule has 0 saturated carbocycles. The lowest BCUT2D eigenvalue weighted by atomic mass is 9.94. The molecular formula is C20H28N6O2. The van der Waals surface area contributed by atoms with Gasteiger partial charge in [0.15, 0.2) is 0 Å². The number of aromatic nitrogens is 4. The van der Waals surface area contributed by atoms with Crippen molar-refractivity contribution in [2.24, 2.45) is 5.92 Å². The molecule has 28 heavy (non-hydrogen) atoms. The minimum atomic E-state index is 0.218. The highest BCUT2D eigenvalue weighted by molar-refractivity contribution is 5.76. The van der Waals surface area contributed by atoms with Crippen molar-refractivity contribution in [3.63, 3.8) is 0 Å². The molecule has 4 heterocycles. The Hall–Kier alpha value is -2.48. The molecule has 0 spiro atoms. The predicted molar refractivity (Wildman–Crippen MR) is 104 cm³/mol. The van der Waals surface area contributed by atoms with E-state index in [1.807, 2.05) is 19.1 Å². The number of methoxy groups -OCH3 is 1. The summed E-state index contributed by atoms with van der Waals surface area (Å²) < 4.78 is 6.95. The number of rotatable bonds is 6. The average Bonchev–Trinajstić information content (AvgIpc) is 2.92. The Balaban J connectivity index is 1.37. The number of hydrogen-bond acceptors (Lipinski definition) is 6. The molecule has 1 aromatic carbocycles. The standard InChI is InChI=1S/C20H28N6O2/c1-15-21-22-23-26(15)10-9-20(27)25-13-17-3-6-18(25)14-24(12-17)11-16-4-7-19(28-2)8-5-16/h4-5,7-8,17-18H,3,6,9-14H2,1-2H3/t17-,18+/m0/s1. The first kappa shape index (κ1) is 18.9. The third kappa shape index (κ3) is 4.16. The number of carbonyl (C=O) groups excluding carboxylic acids is 1. The van der Waals surface area contributed by atoms with Crippen LogP contribution in [0.4, 0.5) is 0 Å². The summed E-state index contributed by atoms with van der Waals surface area (Å²) >= 11 is 0. The van der Waals surface area contributed by atoms with Gasteiger partial charge in [0.2, 0.25) is 5.91 Å². The van der Waals surface area contributed by atoms with E-state index in [9.17, 15) is 4.79 Å². The monoisotopic (exact) mass is 384 g/mol. The number of fused-ring (bicyclic) bond motifs is 4. The largest absolute Gasteiger partial charge is 0.497 e. The van der Waals surface area contributed by atoms with E-state index in [2.05, 4.69) is 37.5 Å². The van der Waals surface area contributed by atoms with Gasteiger partial charge in [0.1, 0.15) is 11.6 Å². The first-order chi connectivity index (χ1) is 13.6. The molecule has 8 nitrogen and oxygen atoms in total. The molecule has 0 unspecified atom stereocenters. The molecule has 0 aliphatic carbocycles. The summed E-state index contributed by atoms with van der Waals surface area (Å²) in [6.45, 7) is 6.19. The lowest BCUT2D eigenvalue weighted by molar-refractivity contribution is -0.135. The van der Waals surface area contributed by atoms with Crippen molar-refractivity contribution in [2.75, 3.05) is 26.7 Å². The second-order valence-corrected chi connectivity index (χ2v) is 7.88. The number of piperidine rings is 1. The molecule has 3 fully saturated rings. The number of hydrogen-bond donors (Lipinski definition) is 0. The van der Waals surface area contributed by atoms with Crippen LogP contribution in [0, 0.1) is 12.8 Å². The Morgan fingerprint density at radius 2 is 2.00 bits per heavy atom. The molecule has 3 aliphatic heterocycles. The molecule has 3 aliphatic rings. The molecular weight excluding hydrogens is 356 g/mol. The van der Waals surface area contributed by atoms with Crippen LogP contribution in [0.2, 0.25) is 0 Å². The van der Waals surface area contributed by atoms with E-state index in [1.54, 1.807) is 11.8 Å². The molecule has 2 atom stereocenters. The van der Waals surface area contributed by atoms with E-state index < -0.39 is 0 Å². The van der Waals surface area contributed by atoms with Gasteiger partial charge in [-0.2, -0.15) is 0 Å². The summed E-state index contributed by atoms with van der Waals surface area (Å²) in [5.41, 5.74) is 1.29. The fraction of sp³-hybridized carbons (Fsp3) is 0.600. The number of aryl methyl sites for hydroxylation is 2. The van der Waals surface area contributed by atoms with Crippen LogP contribution in [0.3, 0.4) is 0 Å². The number of benzene rings is 1. The zero-order valence-electron chi connectivity index (χ0n) is 16.6. The number of carbonyl (C=O) groups is 1. The van der Waals surface area contributed by atoms with Gasteiger partial charge in [-0.1, -0.05) is 12.1 Å². The molecule has 0 radical (unpaired) electrons. The van der Waals surface area contributed by atoms with Gasteiger partial charge in [0, 0.05) is 38.6 Å². The molecule has 2 aromatic rings. The normalized spacial score (nSPS) is 22.3. The molecule has 8 heteroatoms. The summed E-state index contributed by atoms with van der Waals surface area (Å²) in [6.07, 6.45) is 2.76. The van der Waals surface area contributed by atoms with E-state index in [0.717, 1.165) is 44.2 Å². The Morgan fingerprint density at radius 3 is 2.71 bits per heavy atom. The van der Waals surface area contributed by atoms with Crippen LogP contribution in [0.1, 0.15) is 30.7 Å². The van der Waals surface area contributed by atoms with Crippen LogP contribution < -0.4 is 4.74 Å². The van der Waals surface area contributed by atoms with Gasteiger partial charge in [0.05, 0.1) is 13.7 Å². The zero-order chi connectivity index (χ0) is 19.5. The van der Waals surface area contributed by atoms with E-state index in [4.69, 9.17) is 4.74 Å². The van der Waals surface area contributed by atoms with Gasteiger partial charge in [0.25, 0.3) is 0 Å². The van der Waals surface area contributed by atoms with Crippen molar-refractivity contribution in [3.05, 3.63) is 35.7 Å². The third-order valence-corrected chi connectivity index (χ3v) is 5.92. The Bertz CT molecular complexity index is 805. The van der Waals surface area contributed by atoms with Crippen molar-refractivity contribution < 1.29 is 9.53 Å². The van der Waals surface area contributed by atoms with Crippen molar-refractivity contribution in [1.82, 2.24) is 30.0 Å². The minimum Gasteiger partial charge on any atom is -0.497 e. The fourth-order valence-corrected chi connectivity index (χ4v) is 4.40. The first-order valence-electron chi connectivity index (χ1n) is 10.00. The molecule has 1 aromatic heterocycles. The van der Waals surface area contributed by atoms with Crippen molar-refractivity contribution in [1.29, 1.82) is 0 Å². The van der Waals surface area contributed by atoms with E-state index in [1.165, 1.54) is 12.0 Å². The molecule has 1 amide bonds. The van der Waals surface area contributed by atoms with Gasteiger partial charge < -0.3 is 9.64 Å². The van der Waals surface area contributed by atoms with Crippen molar-refractivity contribution >= 4 is 5.91 Å². The van der Waals surface area contributed by atoms with Gasteiger partial charge in [-0.15, -0.1) is 5.10 Å². The molecule has 150 valence electrons. The molecule has 0 N–H and O–H groups in total. The number of nitrogens with zero attached hydrogens (tertiary/aromatic N) is 6. The topological polar surface area (TPSA) is 76.4 Å². The smallest absolute Gasteiger partial charge is 0.224 e. The van der Waals surface area contributed by atoms with Gasteiger partial charge in [-0.3, -0.25) is 9.69 Å². The summed E-state index contributed by atoms with van der Waals surface area (Å²) in [6, 6.07) is 8.59. The number of amides is 1. The average molecular weight is 384 g/mol. The van der Waals surface area contributed by atoms with Crippen molar-refractivity contribution in [2.45, 2.75) is 45.3 Å². The maximum absolute atomic E-state index is 12.9. The van der Waals surface area contributed by atoms with Gasteiger partial charge in [-0.05, 0) is 53.8 Å². The van der Waals surface area contributed by atoms with Crippen LogP contribution in [-0.2, 0) is 17.9 Å². The quantitative estimate of drug-likeness (QED) is 0.751. The number of tetrazole rings is 1. The van der Waals surface area contributed by atoms with Crippen LogP contribution in [0.5, 0.6) is 5.75 Å². The van der Waals surface area contributed by atoms with Crippen LogP contribution >= 0.6 is 0 Å². The van der Waals surface area contributed by atoms with Crippen LogP contribution in [0.25, 0.3) is 0 Å². The maximum Gasteiger partial charge on any atom is 0.224 e. The van der Waals surface area contributed by atoms with E-state index in [0.29, 0.717) is 24.9 Å². The Kier molecular flexibility index (Phi) is 5.57. The van der Waals surface area contributed by atoms with Gasteiger partial charge in [-0.25, -0.2) is 4.68 Å². The summed E-state index contributed by atoms with van der Waals surface area (Å²) in [5, 5.41) is 11.5. The third-order valence-electron chi connectivity index (χ3n) is 5.92. The van der Waals surface area contributed by atoms with Crippen molar-refractivity contribution in [3.8, 4) is 5.75 Å². The summed E-state index contributed by atoms with van der Waals surface area (Å²) in [5.74, 6) is 2.40. The molecule has 3 saturated heterocycles. The van der Waals surface area contributed by atoms with Crippen LogP contribution in [0.15, 0.2) is 24.3 Å². The first-order valence-corrected chi connectivity index (χ1v) is 10.00. The highest BCUT2D eigenvalue weighted by Crippen LogP contribution is 2.29. The molecule has 2 bridgehead atoms. The summed E-state index contributed by atoms with van der Waals surface area (Å²) in [4.78, 5) is 17.5. The van der Waals surface area contributed by atoms with Crippen LogP contribution in [-0.4, -0.2) is 68.7 Å². The highest BCUT2D eigenvalue weighted by atomic mass is 16.5.